The number of rotatable bonds is 9. The Balaban J connectivity index is 1.81. The third kappa shape index (κ3) is 6.15. The van der Waals surface area contributed by atoms with E-state index >= 15 is 0 Å². The van der Waals surface area contributed by atoms with Crippen molar-refractivity contribution in [2.45, 2.75) is 37.8 Å². The molecule has 1 heterocycles. The number of nitrogens with one attached hydrogen (secondary N) is 2. The molecular weight excluding hydrogens is 378 g/mol. The van der Waals surface area contributed by atoms with Crippen molar-refractivity contribution in [3.63, 3.8) is 0 Å². The highest BCUT2D eigenvalue weighted by atomic mass is 16.3. The number of nitrogens with zero attached hydrogens (tertiary/aromatic N) is 1. The van der Waals surface area contributed by atoms with E-state index in [4.69, 9.17) is 0 Å². The van der Waals surface area contributed by atoms with Crippen LogP contribution in [0.3, 0.4) is 0 Å². The molecule has 2 aromatic carbocycles. The van der Waals surface area contributed by atoms with Crippen molar-refractivity contribution in [3.8, 4) is 0 Å². The van der Waals surface area contributed by atoms with Gasteiger partial charge in [-0.05, 0) is 36.8 Å². The standard InChI is InChI=1S/C24H31N3O3/c28-17-9-16-27(18-22(29)26-21-14-7-8-15-25-24(21)30)23(19-10-3-1-4-11-19)20-12-5-2-6-13-20/h1-6,10-13,21,23,28H,7-9,14-18H2,(H,25,30)(H,26,29). The highest BCUT2D eigenvalue weighted by Gasteiger charge is 2.27. The molecule has 1 unspecified atom stereocenters. The number of carbonyl (C=O) groups excluding carboxylic acids is 2. The molecule has 0 aromatic heterocycles. The molecule has 2 amide bonds. The Morgan fingerprint density at radius 2 is 1.70 bits per heavy atom. The number of carbonyl (C=O) groups is 2. The maximum Gasteiger partial charge on any atom is 0.242 e. The molecule has 0 bridgehead atoms. The summed E-state index contributed by atoms with van der Waals surface area (Å²) in [4.78, 5) is 27.2. The molecule has 1 aliphatic heterocycles. The first kappa shape index (κ1) is 22.0. The van der Waals surface area contributed by atoms with Crippen LogP contribution in [-0.2, 0) is 9.59 Å². The van der Waals surface area contributed by atoms with Crippen molar-refractivity contribution in [1.29, 1.82) is 0 Å². The van der Waals surface area contributed by atoms with Gasteiger partial charge in [-0.1, -0.05) is 60.7 Å². The van der Waals surface area contributed by atoms with Gasteiger partial charge in [0.2, 0.25) is 11.8 Å². The van der Waals surface area contributed by atoms with Crippen LogP contribution in [0, 0.1) is 0 Å². The Morgan fingerprint density at radius 3 is 2.30 bits per heavy atom. The summed E-state index contributed by atoms with van der Waals surface area (Å²) in [6.45, 7) is 1.44. The minimum Gasteiger partial charge on any atom is -0.396 e. The van der Waals surface area contributed by atoms with E-state index in [2.05, 4.69) is 39.8 Å². The molecular formula is C24H31N3O3. The number of hydrogen-bond donors (Lipinski definition) is 3. The van der Waals surface area contributed by atoms with Gasteiger partial charge in [-0.3, -0.25) is 14.5 Å². The Kier molecular flexibility index (Phi) is 8.41. The minimum absolute atomic E-state index is 0.0550. The summed E-state index contributed by atoms with van der Waals surface area (Å²) >= 11 is 0. The molecule has 0 spiro atoms. The second kappa shape index (κ2) is 11.5. The summed E-state index contributed by atoms with van der Waals surface area (Å²) in [5.41, 5.74) is 2.17. The minimum atomic E-state index is -0.480. The van der Waals surface area contributed by atoms with Crippen molar-refractivity contribution in [3.05, 3.63) is 71.8 Å². The molecule has 30 heavy (non-hydrogen) atoms. The van der Waals surface area contributed by atoms with Crippen molar-refractivity contribution in [2.75, 3.05) is 26.2 Å². The highest BCUT2D eigenvalue weighted by molar-refractivity contribution is 5.88. The van der Waals surface area contributed by atoms with Crippen LogP contribution in [0.2, 0.25) is 0 Å². The van der Waals surface area contributed by atoms with E-state index in [9.17, 15) is 14.7 Å². The van der Waals surface area contributed by atoms with E-state index in [1.165, 1.54) is 0 Å². The average molecular weight is 410 g/mol. The molecule has 1 saturated heterocycles. The number of amides is 2. The number of hydrogen-bond acceptors (Lipinski definition) is 4. The van der Waals surface area contributed by atoms with Crippen LogP contribution < -0.4 is 10.6 Å². The van der Waals surface area contributed by atoms with E-state index in [0.717, 1.165) is 24.0 Å². The largest absolute Gasteiger partial charge is 0.396 e. The fourth-order valence-electron chi connectivity index (χ4n) is 3.96. The second-order valence-corrected chi connectivity index (χ2v) is 7.68. The van der Waals surface area contributed by atoms with Crippen molar-refractivity contribution >= 4 is 11.8 Å². The number of benzene rings is 2. The molecule has 1 fully saturated rings. The Labute approximate surface area is 178 Å². The normalized spacial score (nSPS) is 16.9. The summed E-state index contributed by atoms with van der Waals surface area (Å²) in [6, 6.07) is 19.5. The summed E-state index contributed by atoms with van der Waals surface area (Å²) in [6.07, 6.45) is 3.07. The van der Waals surface area contributed by atoms with E-state index in [0.29, 0.717) is 25.9 Å². The van der Waals surface area contributed by atoms with Crippen LogP contribution in [-0.4, -0.2) is 54.1 Å². The van der Waals surface area contributed by atoms with Gasteiger partial charge in [0.15, 0.2) is 0 Å². The van der Waals surface area contributed by atoms with Crippen LogP contribution in [0.5, 0.6) is 0 Å². The number of aliphatic hydroxyl groups excluding tert-OH is 1. The molecule has 160 valence electrons. The summed E-state index contributed by atoms with van der Waals surface area (Å²) in [5, 5.41) is 15.2. The van der Waals surface area contributed by atoms with Gasteiger partial charge in [-0.25, -0.2) is 0 Å². The molecule has 0 radical (unpaired) electrons. The lowest BCUT2D eigenvalue weighted by molar-refractivity contribution is -0.129. The fourth-order valence-corrected chi connectivity index (χ4v) is 3.96. The molecule has 1 aliphatic rings. The predicted octanol–water partition coefficient (Wildman–Crippen LogP) is 2.25. The quantitative estimate of drug-likeness (QED) is 0.593. The summed E-state index contributed by atoms with van der Waals surface area (Å²) in [5.74, 6) is -0.280. The van der Waals surface area contributed by atoms with Gasteiger partial charge < -0.3 is 15.7 Å². The van der Waals surface area contributed by atoms with Crippen LogP contribution in [0.4, 0.5) is 0 Å². The van der Waals surface area contributed by atoms with Crippen LogP contribution in [0.25, 0.3) is 0 Å². The maximum atomic E-state index is 12.9. The molecule has 6 heteroatoms. The first-order valence-electron chi connectivity index (χ1n) is 10.7. The third-order valence-corrected chi connectivity index (χ3v) is 5.42. The van der Waals surface area contributed by atoms with E-state index in [1.807, 2.05) is 36.4 Å². The number of aliphatic hydroxyl groups is 1. The lowest BCUT2D eigenvalue weighted by Gasteiger charge is -2.32. The first-order chi connectivity index (χ1) is 14.7. The van der Waals surface area contributed by atoms with Gasteiger partial charge in [0.1, 0.15) is 6.04 Å². The van der Waals surface area contributed by atoms with E-state index in [1.54, 1.807) is 0 Å². The Morgan fingerprint density at radius 1 is 1.07 bits per heavy atom. The van der Waals surface area contributed by atoms with Crippen molar-refractivity contribution in [1.82, 2.24) is 15.5 Å². The molecule has 3 rings (SSSR count). The van der Waals surface area contributed by atoms with E-state index in [-0.39, 0.29) is 31.0 Å². The Hall–Kier alpha value is -2.70. The smallest absolute Gasteiger partial charge is 0.242 e. The van der Waals surface area contributed by atoms with Crippen LogP contribution in [0.15, 0.2) is 60.7 Å². The monoisotopic (exact) mass is 409 g/mol. The molecule has 6 nitrogen and oxygen atoms in total. The van der Waals surface area contributed by atoms with Crippen molar-refractivity contribution in [2.24, 2.45) is 0 Å². The average Bonchev–Trinajstić information content (AvgIpc) is 2.97. The summed E-state index contributed by atoms with van der Waals surface area (Å²) in [7, 11) is 0. The van der Waals surface area contributed by atoms with Crippen LogP contribution >= 0.6 is 0 Å². The van der Waals surface area contributed by atoms with Gasteiger partial charge >= 0.3 is 0 Å². The first-order valence-corrected chi connectivity index (χ1v) is 10.7. The lowest BCUT2D eigenvalue weighted by atomic mass is 9.96. The van der Waals surface area contributed by atoms with E-state index < -0.39 is 6.04 Å². The zero-order chi connectivity index (χ0) is 21.2. The van der Waals surface area contributed by atoms with Gasteiger partial charge in [0, 0.05) is 19.7 Å². The highest BCUT2D eigenvalue weighted by Crippen LogP contribution is 2.28. The van der Waals surface area contributed by atoms with Gasteiger partial charge in [-0.15, -0.1) is 0 Å². The molecule has 2 aromatic rings. The predicted molar refractivity (Wildman–Crippen MR) is 117 cm³/mol. The summed E-state index contributed by atoms with van der Waals surface area (Å²) < 4.78 is 0. The molecule has 0 aliphatic carbocycles. The molecule has 3 N–H and O–H groups in total. The Bertz CT molecular complexity index is 758. The zero-order valence-electron chi connectivity index (χ0n) is 17.3. The van der Waals surface area contributed by atoms with Crippen molar-refractivity contribution < 1.29 is 14.7 Å². The fraction of sp³-hybridized carbons (Fsp3) is 0.417. The maximum absolute atomic E-state index is 12.9. The van der Waals surface area contributed by atoms with Gasteiger partial charge in [0.05, 0.1) is 12.6 Å². The van der Waals surface area contributed by atoms with Crippen LogP contribution in [0.1, 0.15) is 42.9 Å². The zero-order valence-corrected chi connectivity index (χ0v) is 17.3. The second-order valence-electron chi connectivity index (χ2n) is 7.68. The SMILES string of the molecule is O=C(CN(CCCO)C(c1ccccc1)c1ccccc1)NC1CCCCNC1=O. The van der Waals surface area contributed by atoms with Gasteiger partial charge in [0.25, 0.3) is 0 Å². The lowest BCUT2D eigenvalue weighted by Crippen LogP contribution is -2.49. The third-order valence-electron chi connectivity index (χ3n) is 5.42. The molecule has 0 saturated carbocycles. The topological polar surface area (TPSA) is 81.7 Å². The van der Waals surface area contributed by atoms with Gasteiger partial charge in [-0.2, -0.15) is 0 Å². The molecule has 1 atom stereocenters.